The molecule has 1 saturated heterocycles. The van der Waals surface area contributed by atoms with Crippen LogP contribution in [0.5, 0.6) is 11.5 Å². The lowest BCUT2D eigenvalue weighted by molar-refractivity contribution is -0.140. The average molecular weight is 591 g/mol. The monoisotopic (exact) mass is 590 g/mol. The van der Waals surface area contributed by atoms with E-state index in [9.17, 15) is 14.7 Å². The second-order valence-electron chi connectivity index (χ2n) is 11.5. The molecule has 9 heteroatoms. The van der Waals surface area contributed by atoms with Crippen molar-refractivity contribution in [3.8, 4) is 11.5 Å². The van der Waals surface area contributed by atoms with Gasteiger partial charge in [-0.25, -0.2) is 4.98 Å². The molecule has 1 N–H and O–H groups in total. The fraction of sp³-hybridized carbons (Fsp3) is 0.500. The SMILES string of the molecule is CCOc1cc(C2C(=C(O)c3nc4c(C)cccn4c3C)C(=O)C(=O)N2CCCN(CC)CC)ccc1OCCC(C)C. The molecule has 1 unspecified atom stereocenters. The van der Waals surface area contributed by atoms with Gasteiger partial charge in [-0.3, -0.25) is 9.59 Å². The lowest BCUT2D eigenvalue weighted by atomic mass is 9.96. The molecule has 232 valence electrons. The van der Waals surface area contributed by atoms with Crippen LogP contribution in [-0.2, 0) is 9.59 Å². The molecule has 4 rings (SSSR count). The first-order valence-electron chi connectivity index (χ1n) is 15.5. The Bertz CT molecular complexity index is 1490. The second-order valence-corrected chi connectivity index (χ2v) is 11.5. The number of hydrogen-bond acceptors (Lipinski definition) is 7. The van der Waals surface area contributed by atoms with Crippen LogP contribution in [0.2, 0.25) is 0 Å². The number of nitrogens with zero attached hydrogens (tertiary/aromatic N) is 4. The van der Waals surface area contributed by atoms with Crippen LogP contribution < -0.4 is 9.47 Å². The Morgan fingerprint density at radius 1 is 1.07 bits per heavy atom. The van der Waals surface area contributed by atoms with Gasteiger partial charge in [0.2, 0.25) is 0 Å². The molecule has 1 aromatic carbocycles. The Labute approximate surface area is 255 Å². The molecule has 1 fully saturated rings. The fourth-order valence-corrected chi connectivity index (χ4v) is 5.62. The lowest BCUT2D eigenvalue weighted by Crippen LogP contribution is -2.33. The summed E-state index contributed by atoms with van der Waals surface area (Å²) in [7, 11) is 0. The zero-order valence-electron chi connectivity index (χ0n) is 26.6. The van der Waals surface area contributed by atoms with Crippen molar-refractivity contribution in [2.75, 3.05) is 39.4 Å². The van der Waals surface area contributed by atoms with Gasteiger partial charge in [-0.2, -0.15) is 0 Å². The average Bonchev–Trinajstić information content (AvgIpc) is 3.45. The van der Waals surface area contributed by atoms with E-state index in [1.807, 2.05) is 61.7 Å². The van der Waals surface area contributed by atoms with E-state index < -0.39 is 17.7 Å². The highest BCUT2D eigenvalue weighted by molar-refractivity contribution is 6.46. The molecule has 0 saturated carbocycles. The number of aliphatic hydroxyl groups is 1. The topological polar surface area (TPSA) is 96.6 Å². The van der Waals surface area contributed by atoms with Crippen LogP contribution in [0, 0.1) is 19.8 Å². The highest BCUT2D eigenvalue weighted by Gasteiger charge is 2.46. The minimum atomic E-state index is -0.800. The quantitative estimate of drug-likeness (QED) is 0.141. The van der Waals surface area contributed by atoms with Gasteiger partial charge in [0.15, 0.2) is 17.3 Å². The maximum absolute atomic E-state index is 13.7. The van der Waals surface area contributed by atoms with Gasteiger partial charge in [-0.15, -0.1) is 0 Å². The van der Waals surface area contributed by atoms with Crippen molar-refractivity contribution in [1.82, 2.24) is 19.2 Å². The minimum absolute atomic E-state index is 0.0351. The van der Waals surface area contributed by atoms with Crippen LogP contribution >= 0.6 is 0 Å². The van der Waals surface area contributed by atoms with E-state index in [0.29, 0.717) is 66.2 Å². The number of hydrogen-bond donors (Lipinski definition) is 1. The number of fused-ring (bicyclic) bond motifs is 1. The van der Waals surface area contributed by atoms with Gasteiger partial charge in [0.05, 0.1) is 30.5 Å². The molecule has 3 aromatic rings. The number of aromatic nitrogens is 2. The molecule has 1 atom stereocenters. The second kappa shape index (κ2) is 14.1. The number of rotatable bonds is 14. The van der Waals surface area contributed by atoms with E-state index in [4.69, 9.17) is 14.5 Å². The van der Waals surface area contributed by atoms with Crippen molar-refractivity contribution in [3.63, 3.8) is 0 Å². The number of carbonyl (C=O) groups excluding carboxylic acids is 2. The molecule has 43 heavy (non-hydrogen) atoms. The number of likely N-dealkylation sites (tertiary alicyclic amines) is 1. The summed E-state index contributed by atoms with van der Waals surface area (Å²) >= 11 is 0. The number of pyridine rings is 1. The van der Waals surface area contributed by atoms with Crippen LogP contribution in [0.4, 0.5) is 0 Å². The summed E-state index contributed by atoms with van der Waals surface area (Å²) in [6.45, 7) is 18.1. The van der Waals surface area contributed by atoms with Crippen molar-refractivity contribution < 1.29 is 24.2 Å². The number of ether oxygens (including phenoxy) is 2. The molecule has 0 radical (unpaired) electrons. The molecule has 1 amide bonds. The maximum Gasteiger partial charge on any atom is 0.295 e. The molecule has 0 bridgehead atoms. The molecular formula is C34H46N4O5. The molecule has 1 aliphatic rings. The molecule has 9 nitrogen and oxygen atoms in total. The largest absolute Gasteiger partial charge is 0.505 e. The zero-order valence-corrected chi connectivity index (χ0v) is 26.6. The van der Waals surface area contributed by atoms with Gasteiger partial charge in [0.1, 0.15) is 11.3 Å². The Balaban J connectivity index is 1.82. The fourth-order valence-electron chi connectivity index (χ4n) is 5.62. The predicted octanol–water partition coefficient (Wildman–Crippen LogP) is 5.93. The third-order valence-corrected chi connectivity index (χ3v) is 8.15. The van der Waals surface area contributed by atoms with E-state index in [1.54, 1.807) is 4.90 Å². The molecule has 0 aliphatic carbocycles. The molecule has 3 heterocycles. The Morgan fingerprint density at radius 3 is 2.47 bits per heavy atom. The van der Waals surface area contributed by atoms with Crippen molar-refractivity contribution in [2.24, 2.45) is 5.92 Å². The number of carbonyl (C=O) groups is 2. The summed E-state index contributed by atoms with van der Waals surface area (Å²) in [5, 5.41) is 11.8. The summed E-state index contributed by atoms with van der Waals surface area (Å²) < 4.78 is 13.9. The van der Waals surface area contributed by atoms with Crippen molar-refractivity contribution in [2.45, 2.75) is 67.3 Å². The van der Waals surface area contributed by atoms with Crippen LogP contribution in [0.3, 0.4) is 0 Å². The predicted molar refractivity (Wildman–Crippen MR) is 169 cm³/mol. The van der Waals surface area contributed by atoms with E-state index in [0.717, 1.165) is 31.6 Å². The normalized spacial score (nSPS) is 16.7. The third-order valence-electron chi connectivity index (χ3n) is 8.15. The van der Waals surface area contributed by atoms with Gasteiger partial charge < -0.3 is 28.8 Å². The third kappa shape index (κ3) is 6.72. The summed E-state index contributed by atoms with van der Waals surface area (Å²) in [4.78, 5) is 35.8. The van der Waals surface area contributed by atoms with E-state index in [-0.39, 0.29) is 11.3 Å². The van der Waals surface area contributed by atoms with Gasteiger partial charge >= 0.3 is 0 Å². The smallest absolute Gasteiger partial charge is 0.295 e. The van der Waals surface area contributed by atoms with Crippen molar-refractivity contribution >= 4 is 23.1 Å². The van der Waals surface area contributed by atoms with E-state index in [2.05, 4.69) is 32.6 Å². The Kier molecular flexibility index (Phi) is 10.5. The lowest BCUT2D eigenvalue weighted by Gasteiger charge is -2.27. The summed E-state index contributed by atoms with van der Waals surface area (Å²) in [6.07, 6.45) is 3.46. The maximum atomic E-state index is 13.7. The van der Waals surface area contributed by atoms with Gasteiger partial charge in [0.25, 0.3) is 11.7 Å². The molecule has 1 aliphatic heterocycles. The van der Waals surface area contributed by atoms with Crippen LogP contribution in [0.25, 0.3) is 11.4 Å². The number of Topliss-reactive ketones (excluding diaryl/α,β-unsaturated/α-hetero) is 1. The molecule has 0 spiro atoms. The number of ketones is 1. The molecular weight excluding hydrogens is 544 g/mol. The number of aliphatic hydroxyl groups excluding tert-OH is 1. The number of aryl methyl sites for hydroxylation is 2. The Hall–Kier alpha value is -3.85. The highest BCUT2D eigenvalue weighted by Crippen LogP contribution is 2.42. The van der Waals surface area contributed by atoms with Crippen LogP contribution in [0.15, 0.2) is 42.1 Å². The van der Waals surface area contributed by atoms with Gasteiger partial charge in [-0.1, -0.05) is 39.8 Å². The van der Waals surface area contributed by atoms with Gasteiger partial charge in [-0.05, 0) is 88.5 Å². The highest BCUT2D eigenvalue weighted by atomic mass is 16.5. The van der Waals surface area contributed by atoms with Crippen LogP contribution in [0.1, 0.15) is 76.0 Å². The summed E-state index contributed by atoms with van der Waals surface area (Å²) in [5.41, 5.74) is 3.31. The van der Waals surface area contributed by atoms with E-state index >= 15 is 0 Å². The zero-order chi connectivity index (χ0) is 31.3. The minimum Gasteiger partial charge on any atom is -0.505 e. The molecule has 2 aromatic heterocycles. The van der Waals surface area contributed by atoms with Crippen molar-refractivity contribution in [3.05, 3.63) is 64.6 Å². The first-order chi connectivity index (χ1) is 20.6. The number of imidazole rings is 1. The van der Waals surface area contributed by atoms with Crippen LogP contribution in [-0.4, -0.2) is 75.4 Å². The number of amides is 1. The summed E-state index contributed by atoms with van der Waals surface area (Å²) in [6, 6.07) is 8.57. The standard InChI is InChI=1S/C34H46N4O5/c1-8-36(9-2)17-12-19-38-30(25-14-15-26(27(21-25)42-10-3)43-20-16-22(4)5)28(32(40)34(38)41)31(39)29-24(7)37-18-11-13-23(6)33(37)35-29/h11,13-15,18,21-22,30,39H,8-10,12,16-17,19-20H2,1-7H3. The van der Waals surface area contributed by atoms with E-state index in [1.165, 1.54) is 0 Å². The van der Waals surface area contributed by atoms with Gasteiger partial charge in [0, 0.05) is 12.7 Å². The number of benzene rings is 1. The first kappa shape index (κ1) is 32.1. The Morgan fingerprint density at radius 2 is 1.81 bits per heavy atom. The summed E-state index contributed by atoms with van der Waals surface area (Å²) in [5.74, 6) is 0.0317. The van der Waals surface area contributed by atoms with Crippen molar-refractivity contribution in [1.29, 1.82) is 0 Å². The first-order valence-corrected chi connectivity index (χ1v) is 15.5.